The van der Waals surface area contributed by atoms with E-state index in [9.17, 15) is 0 Å². The quantitative estimate of drug-likeness (QED) is 0.750. The molecule has 106 valence electrons. The second-order valence-corrected chi connectivity index (χ2v) is 5.62. The molecular weight excluding hydrogens is 308 g/mol. The molecule has 0 saturated heterocycles. The first-order valence-electron chi connectivity index (χ1n) is 6.21. The summed E-state index contributed by atoms with van der Waals surface area (Å²) in [6.45, 7) is 0. The van der Waals surface area contributed by atoms with Gasteiger partial charge in [-0.1, -0.05) is 23.4 Å². The third kappa shape index (κ3) is 4.49. The van der Waals surface area contributed by atoms with Gasteiger partial charge >= 0.3 is 0 Å². The summed E-state index contributed by atoms with van der Waals surface area (Å²) >= 11 is 7.15. The van der Waals surface area contributed by atoms with Crippen molar-refractivity contribution in [3.05, 3.63) is 29.3 Å². The predicted molar refractivity (Wildman–Crippen MR) is 79.4 cm³/mol. The van der Waals surface area contributed by atoms with E-state index in [1.165, 1.54) is 11.8 Å². The molecule has 0 unspecified atom stereocenters. The monoisotopic (exact) mass is 318 g/mol. The van der Waals surface area contributed by atoms with E-state index in [1.54, 1.807) is 24.3 Å². The van der Waals surface area contributed by atoms with Crippen molar-refractivity contribution >= 4 is 23.4 Å². The Morgan fingerprint density at radius 1 is 1.24 bits per heavy atom. The Hall–Kier alpha value is -2.02. The highest BCUT2D eigenvalue weighted by molar-refractivity contribution is 7.99. The van der Waals surface area contributed by atoms with Gasteiger partial charge < -0.3 is 4.42 Å². The Morgan fingerprint density at radius 3 is 2.67 bits per heavy atom. The highest BCUT2D eigenvalue weighted by atomic mass is 35.5. The van der Waals surface area contributed by atoms with Crippen molar-refractivity contribution < 1.29 is 4.42 Å². The third-order valence-corrected chi connectivity index (χ3v) is 3.93. The average molecular weight is 319 g/mol. The standard InChI is InChI=1S/C14H11ClN4OS/c15-12-5-3-11(4-6-12)13-18-19-14(20-13)21-9-10(8-17)2-1-7-16/h3-6,10H,1-2,9H2/t10-/m0/s1. The second-order valence-electron chi connectivity index (χ2n) is 4.21. The molecular formula is C14H11ClN4OS. The molecule has 0 saturated carbocycles. The number of nitrogens with zero attached hydrogens (tertiary/aromatic N) is 4. The number of halogens is 1. The lowest BCUT2D eigenvalue weighted by Crippen LogP contribution is -1.99. The molecule has 1 atom stereocenters. The zero-order chi connectivity index (χ0) is 15.1. The summed E-state index contributed by atoms with van der Waals surface area (Å²) in [6, 6.07) is 11.3. The van der Waals surface area contributed by atoms with Crippen molar-refractivity contribution in [3.63, 3.8) is 0 Å². The summed E-state index contributed by atoms with van der Waals surface area (Å²) in [5.74, 6) is 0.751. The van der Waals surface area contributed by atoms with E-state index in [0.29, 0.717) is 34.7 Å². The number of hydrogen-bond donors (Lipinski definition) is 0. The summed E-state index contributed by atoms with van der Waals surface area (Å²) < 4.78 is 5.53. The van der Waals surface area contributed by atoms with Gasteiger partial charge in [0, 0.05) is 22.8 Å². The van der Waals surface area contributed by atoms with Gasteiger partial charge in [0.15, 0.2) is 0 Å². The Balaban J connectivity index is 1.96. The molecule has 0 N–H and O–H groups in total. The van der Waals surface area contributed by atoms with Gasteiger partial charge in [-0.25, -0.2) is 0 Å². The van der Waals surface area contributed by atoms with Gasteiger partial charge in [-0.05, 0) is 30.7 Å². The van der Waals surface area contributed by atoms with Gasteiger partial charge in [0.05, 0.1) is 18.1 Å². The minimum absolute atomic E-state index is 0.194. The Labute approximate surface area is 131 Å². The van der Waals surface area contributed by atoms with Crippen molar-refractivity contribution in [3.8, 4) is 23.6 Å². The number of aromatic nitrogens is 2. The zero-order valence-corrected chi connectivity index (χ0v) is 12.6. The first-order valence-corrected chi connectivity index (χ1v) is 7.58. The molecule has 0 spiro atoms. The van der Waals surface area contributed by atoms with Gasteiger partial charge in [-0.15, -0.1) is 10.2 Å². The fourth-order valence-corrected chi connectivity index (χ4v) is 2.52. The molecule has 21 heavy (non-hydrogen) atoms. The predicted octanol–water partition coefficient (Wildman–Crippen LogP) is 3.93. The first-order chi connectivity index (χ1) is 10.2. The molecule has 1 aromatic carbocycles. The largest absolute Gasteiger partial charge is 0.411 e. The third-order valence-electron chi connectivity index (χ3n) is 2.69. The number of benzene rings is 1. The highest BCUT2D eigenvalue weighted by Gasteiger charge is 2.13. The Morgan fingerprint density at radius 2 is 2.00 bits per heavy atom. The molecule has 1 aromatic heterocycles. The van der Waals surface area contributed by atoms with E-state index in [2.05, 4.69) is 16.3 Å². The van der Waals surface area contributed by atoms with Crippen LogP contribution < -0.4 is 0 Å². The van der Waals surface area contributed by atoms with Crippen LogP contribution in [-0.2, 0) is 0 Å². The van der Waals surface area contributed by atoms with Crippen molar-refractivity contribution in [2.45, 2.75) is 18.1 Å². The molecule has 0 amide bonds. The van der Waals surface area contributed by atoms with Crippen LogP contribution in [0.25, 0.3) is 11.5 Å². The van der Waals surface area contributed by atoms with Gasteiger partial charge in [0.25, 0.3) is 5.22 Å². The maximum atomic E-state index is 8.99. The zero-order valence-electron chi connectivity index (χ0n) is 11.0. The van der Waals surface area contributed by atoms with Crippen LogP contribution >= 0.6 is 23.4 Å². The van der Waals surface area contributed by atoms with E-state index < -0.39 is 0 Å². The van der Waals surface area contributed by atoms with E-state index >= 15 is 0 Å². The summed E-state index contributed by atoms with van der Waals surface area (Å²) in [6.07, 6.45) is 0.927. The number of hydrogen-bond acceptors (Lipinski definition) is 6. The van der Waals surface area contributed by atoms with Crippen LogP contribution in [0.5, 0.6) is 0 Å². The molecule has 2 rings (SSSR count). The second kappa shape index (κ2) is 7.68. The van der Waals surface area contributed by atoms with E-state index in [1.807, 2.05) is 6.07 Å². The Kier molecular flexibility index (Phi) is 5.62. The summed E-state index contributed by atoms with van der Waals surface area (Å²) in [7, 11) is 0. The minimum Gasteiger partial charge on any atom is -0.411 e. The molecule has 2 aromatic rings. The highest BCUT2D eigenvalue weighted by Crippen LogP contribution is 2.26. The van der Waals surface area contributed by atoms with Gasteiger partial charge in [0.2, 0.25) is 5.89 Å². The van der Waals surface area contributed by atoms with Gasteiger partial charge in [-0.3, -0.25) is 0 Å². The minimum atomic E-state index is -0.194. The first kappa shape index (κ1) is 15.4. The van der Waals surface area contributed by atoms with Crippen LogP contribution in [0.15, 0.2) is 33.9 Å². The van der Waals surface area contributed by atoms with Crippen LogP contribution in [0.4, 0.5) is 0 Å². The smallest absolute Gasteiger partial charge is 0.276 e. The molecule has 7 heteroatoms. The SMILES string of the molecule is N#CCC[C@@H](C#N)CSc1nnc(-c2ccc(Cl)cc2)o1. The fourth-order valence-electron chi connectivity index (χ4n) is 1.57. The van der Waals surface area contributed by atoms with Crippen molar-refractivity contribution in [1.29, 1.82) is 10.5 Å². The van der Waals surface area contributed by atoms with Crippen LogP contribution in [0, 0.1) is 28.6 Å². The summed E-state index contributed by atoms with van der Waals surface area (Å²) in [4.78, 5) is 0. The van der Waals surface area contributed by atoms with Gasteiger partial charge in [-0.2, -0.15) is 10.5 Å². The topological polar surface area (TPSA) is 86.5 Å². The van der Waals surface area contributed by atoms with Crippen LogP contribution in [0.1, 0.15) is 12.8 Å². The summed E-state index contributed by atoms with van der Waals surface area (Å²) in [5, 5.41) is 26.5. The molecule has 0 radical (unpaired) electrons. The maximum Gasteiger partial charge on any atom is 0.276 e. The number of nitriles is 2. The van der Waals surface area contributed by atoms with Crippen LogP contribution in [0.2, 0.25) is 5.02 Å². The molecule has 0 fully saturated rings. The fraction of sp³-hybridized carbons (Fsp3) is 0.286. The van der Waals surface area contributed by atoms with E-state index in [-0.39, 0.29) is 5.92 Å². The number of rotatable bonds is 6. The molecule has 0 aliphatic rings. The molecule has 0 aliphatic carbocycles. The number of thioether (sulfide) groups is 1. The lowest BCUT2D eigenvalue weighted by atomic mass is 10.1. The lowest BCUT2D eigenvalue weighted by molar-refractivity contribution is 0.465. The van der Waals surface area contributed by atoms with Crippen molar-refractivity contribution in [2.24, 2.45) is 5.92 Å². The maximum absolute atomic E-state index is 8.99. The normalized spacial score (nSPS) is 11.6. The lowest BCUT2D eigenvalue weighted by Gasteiger charge is -2.02. The van der Waals surface area contributed by atoms with Crippen LogP contribution in [0.3, 0.4) is 0 Å². The average Bonchev–Trinajstić information content (AvgIpc) is 2.97. The molecule has 5 nitrogen and oxygen atoms in total. The van der Waals surface area contributed by atoms with E-state index in [0.717, 1.165) is 5.56 Å². The van der Waals surface area contributed by atoms with Crippen LogP contribution in [-0.4, -0.2) is 16.0 Å². The summed E-state index contributed by atoms with van der Waals surface area (Å²) in [5.41, 5.74) is 0.792. The molecule has 1 heterocycles. The van der Waals surface area contributed by atoms with Gasteiger partial charge in [0.1, 0.15) is 0 Å². The molecule has 0 bridgehead atoms. The van der Waals surface area contributed by atoms with E-state index in [4.69, 9.17) is 26.5 Å². The van der Waals surface area contributed by atoms with Crippen molar-refractivity contribution in [2.75, 3.05) is 5.75 Å². The molecule has 0 aliphatic heterocycles. The van der Waals surface area contributed by atoms with Crippen molar-refractivity contribution in [1.82, 2.24) is 10.2 Å². The Bertz CT molecular complexity index is 672.